The lowest BCUT2D eigenvalue weighted by atomic mass is 10.1. The van der Waals surface area contributed by atoms with Gasteiger partial charge in [0.15, 0.2) is 0 Å². The molecule has 1 heterocycles. The van der Waals surface area contributed by atoms with E-state index in [2.05, 4.69) is 0 Å². The highest BCUT2D eigenvalue weighted by atomic mass is 19.4. The summed E-state index contributed by atoms with van der Waals surface area (Å²) in [6, 6.07) is 5.07. The van der Waals surface area contributed by atoms with Gasteiger partial charge in [0.25, 0.3) is 5.91 Å². The van der Waals surface area contributed by atoms with Gasteiger partial charge in [-0.1, -0.05) is 17.7 Å². The lowest BCUT2D eigenvalue weighted by molar-refractivity contribution is -0.140. The first kappa shape index (κ1) is 11.0. The molecule has 0 fully saturated rings. The second-order valence-corrected chi connectivity index (χ2v) is 3.94. The summed E-state index contributed by atoms with van der Waals surface area (Å²) in [6.45, 7) is 0.714. The van der Waals surface area contributed by atoms with Gasteiger partial charge in [-0.3, -0.25) is 4.79 Å². The molecule has 0 saturated heterocycles. The maximum absolute atomic E-state index is 12.2. The molecule has 0 radical (unpaired) electrons. The van der Waals surface area contributed by atoms with Crippen molar-refractivity contribution in [1.29, 1.82) is 0 Å². The fourth-order valence-corrected chi connectivity index (χ4v) is 1.85. The summed E-state index contributed by atoms with van der Waals surface area (Å²) in [4.78, 5) is 12.4. The molecule has 0 bridgehead atoms. The molecule has 0 saturated carbocycles. The molecular weight excluding hydrogens is 219 g/mol. The van der Waals surface area contributed by atoms with Crippen molar-refractivity contribution in [1.82, 2.24) is 4.90 Å². The van der Waals surface area contributed by atoms with Crippen molar-refractivity contribution in [2.45, 2.75) is 19.6 Å². The van der Waals surface area contributed by atoms with Crippen LogP contribution in [0.25, 0.3) is 0 Å². The maximum atomic E-state index is 12.2. The largest absolute Gasteiger partial charge is 0.406 e. The van der Waals surface area contributed by atoms with Crippen LogP contribution in [0.1, 0.15) is 21.5 Å². The number of carbonyl (C=O) groups is 1. The SMILES string of the molecule is Cc1ccc2c(c1)CN(CC(F)(F)F)C2=O. The van der Waals surface area contributed by atoms with Crippen molar-refractivity contribution in [2.24, 2.45) is 0 Å². The molecule has 1 aliphatic heterocycles. The molecule has 0 spiro atoms. The Hall–Kier alpha value is -1.52. The van der Waals surface area contributed by atoms with Crippen LogP contribution in [0.2, 0.25) is 0 Å². The molecule has 16 heavy (non-hydrogen) atoms. The van der Waals surface area contributed by atoms with E-state index in [-0.39, 0.29) is 6.54 Å². The van der Waals surface area contributed by atoms with E-state index in [0.29, 0.717) is 11.1 Å². The molecule has 0 N–H and O–H groups in total. The van der Waals surface area contributed by atoms with E-state index in [9.17, 15) is 18.0 Å². The average Bonchev–Trinajstić information content (AvgIpc) is 2.40. The van der Waals surface area contributed by atoms with Crippen LogP contribution in [-0.4, -0.2) is 23.5 Å². The van der Waals surface area contributed by atoms with Gasteiger partial charge in [0.1, 0.15) is 6.54 Å². The minimum Gasteiger partial charge on any atom is -0.325 e. The normalized spacial score (nSPS) is 15.5. The molecule has 0 unspecified atom stereocenters. The predicted molar refractivity (Wildman–Crippen MR) is 52.0 cm³/mol. The van der Waals surface area contributed by atoms with Gasteiger partial charge in [0, 0.05) is 12.1 Å². The highest BCUT2D eigenvalue weighted by molar-refractivity contribution is 5.98. The highest BCUT2D eigenvalue weighted by Gasteiger charge is 2.37. The fraction of sp³-hybridized carbons (Fsp3) is 0.364. The van der Waals surface area contributed by atoms with E-state index in [0.717, 1.165) is 10.5 Å². The Balaban J connectivity index is 2.24. The summed E-state index contributed by atoms with van der Waals surface area (Å²) in [5.74, 6) is -0.535. The predicted octanol–water partition coefficient (Wildman–Crippen LogP) is 2.51. The first-order valence-corrected chi connectivity index (χ1v) is 4.82. The Labute approximate surface area is 90.7 Å². The number of rotatable bonds is 1. The van der Waals surface area contributed by atoms with Crippen LogP contribution in [0.15, 0.2) is 18.2 Å². The molecule has 0 aromatic heterocycles. The van der Waals surface area contributed by atoms with Crippen LogP contribution in [0.4, 0.5) is 13.2 Å². The molecule has 2 rings (SSSR count). The van der Waals surface area contributed by atoms with Gasteiger partial charge in [0.2, 0.25) is 0 Å². The Morgan fingerprint density at radius 3 is 2.69 bits per heavy atom. The summed E-state index contributed by atoms with van der Waals surface area (Å²) < 4.78 is 36.6. The Morgan fingerprint density at radius 2 is 2.06 bits per heavy atom. The number of benzene rings is 1. The molecular formula is C11H10F3NO. The van der Waals surface area contributed by atoms with Crippen LogP contribution >= 0.6 is 0 Å². The topological polar surface area (TPSA) is 20.3 Å². The number of fused-ring (bicyclic) bond motifs is 1. The smallest absolute Gasteiger partial charge is 0.325 e. The molecule has 86 valence electrons. The van der Waals surface area contributed by atoms with Gasteiger partial charge in [-0.2, -0.15) is 13.2 Å². The standard InChI is InChI=1S/C11H10F3NO/c1-7-2-3-9-8(4-7)5-15(10(9)16)6-11(12,13)14/h2-4H,5-6H2,1H3. The zero-order chi connectivity index (χ0) is 11.9. The van der Waals surface area contributed by atoms with Crippen LogP contribution in [0.5, 0.6) is 0 Å². The van der Waals surface area contributed by atoms with Crippen molar-refractivity contribution >= 4 is 5.91 Å². The van der Waals surface area contributed by atoms with E-state index in [1.54, 1.807) is 18.2 Å². The monoisotopic (exact) mass is 229 g/mol. The molecule has 1 amide bonds. The molecule has 0 atom stereocenters. The molecule has 1 aromatic carbocycles. The summed E-state index contributed by atoms with van der Waals surface area (Å²) in [5, 5.41) is 0. The molecule has 2 nitrogen and oxygen atoms in total. The number of hydrogen-bond acceptors (Lipinski definition) is 1. The zero-order valence-corrected chi connectivity index (χ0v) is 8.64. The van der Waals surface area contributed by atoms with E-state index in [4.69, 9.17) is 0 Å². The number of nitrogens with zero attached hydrogens (tertiary/aromatic N) is 1. The number of aryl methyl sites for hydroxylation is 1. The zero-order valence-electron chi connectivity index (χ0n) is 8.64. The second-order valence-electron chi connectivity index (χ2n) is 3.94. The first-order chi connectivity index (χ1) is 7.37. The molecule has 5 heteroatoms. The third kappa shape index (κ3) is 2.03. The van der Waals surface area contributed by atoms with Crippen molar-refractivity contribution in [3.63, 3.8) is 0 Å². The van der Waals surface area contributed by atoms with Crippen LogP contribution in [0.3, 0.4) is 0 Å². The maximum Gasteiger partial charge on any atom is 0.406 e. The molecule has 1 aliphatic rings. The summed E-state index contributed by atoms with van der Waals surface area (Å²) in [7, 11) is 0. The summed E-state index contributed by atoms with van der Waals surface area (Å²) in [5.41, 5.74) is 2.00. The van der Waals surface area contributed by atoms with Crippen LogP contribution < -0.4 is 0 Å². The number of amides is 1. The van der Waals surface area contributed by atoms with Crippen molar-refractivity contribution in [2.75, 3.05) is 6.54 Å². The van der Waals surface area contributed by atoms with E-state index in [1.807, 2.05) is 6.92 Å². The van der Waals surface area contributed by atoms with Gasteiger partial charge in [0.05, 0.1) is 0 Å². The minimum atomic E-state index is -4.34. The third-order valence-electron chi connectivity index (χ3n) is 2.51. The molecule has 0 aliphatic carbocycles. The van der Waals surface area contributed by atoms with Crippen LogP contribution in [-0.2, 0) is 6.54 Å². The first-order valence-electron chi connectivity index (χ1n) is 4.82. The number of alkyl halides is 3. The van der Waals surface area contributed by atoms with Gasteiger partial charge in [-0.25, -0.2) is 0 Å². The van der Waals surface area contributed by atoms with Gasteiger partial charge < -0.3 is 4.90 Å². The fourth-order valence-electron chi connectivity index (χ4n) is 1.85. The number of carbonyl (C=O) groups excluding carboxylic acids is 1. The minimum absolute atomic E-state index is 0.0509. The van der Waals surface area contributed by atoms with E-state index < -0.39 is 18.6 Å². The number of hydrogen-bond donors (Lipinski definition) is 0. The van der Waals surface area contributed by atoms with E-state index in [1.165, 1.54) is 0 Å². The Morgan fingerprint density at radius 1 is 1.38 bits per heavy atom. The van der Waals surface area contributed by atoms with Gasteiger partial charge in [-0.05, 0) is 18.6 Å². The Bertz CT molecular complexity index is 439. The quantitative estimate of drug-likeness (QED) is 0.724. The van der Waals surface area contributed by atoms with Gasteiger partial charge >= 0.3 is 6.18 Å². The lowest BCUT2D eigenvalue weighted by Crippen LogP contribution is -2.34. The third-order valence-corrected chi connectivity index (χ3v) is 2.51. The van der Waals surface area contributed by atoms with Crippen molar-refractivity contribution < 1.29 is 18.0 Å². The summed E-state index contributed by atoms with van der Waals surface area (Å²) >= 11 is 0. The average molecular weight is 229 g/mol. The molecule has 1 aromatic rings. The Kier molecular flexibility index (Phi) is 2.40. The van der Waals surface area contributed by atoms with Crippen LogP contribution in [0, 0.1) is 6.92 Å². The van der Waals surface area contributed by atoms with Crippen molar-refractivity contribution in [3.05, 3.63) is 34.9 Å². The van der Waals surface area contributed by atoms with Crippen molar-refractivity contribution in [3.8, 4) is 0 Å². The van der Waals surface area contributed by atoms with E-state index >= 15 is 0 Å². The van der Waals surface area contributed by atoms with Gasteiger partial charge in [-0.15, -0.1) is 0 Å². The summed E-state index contributed by atoms with van der Waals surface area (Å²) in [6.07, 6.45) is -4.34. The second kappa shape index (κ2) is 3.50. The highest BCUT2D eigenvalue weighted by Crippen LogP contribution is 2.27. The number of halogens is 3. The lowest BCUT2D eigenvalue weighted by Gasteiger charge is -2.17.